The largest absolute Gasteiger partial charge is 0.352 e. The molecule has 0 unspecified atom stereocenters. The predicted octanol–water partition coefficient (Wildman–Crippen LogP) is 3.33. The Hall–Kier alpha value is -1.62. The second-order valence-corrected chi connectivity index (χ2v) is 6.35. The van der Waals surface area contributed by atoms with E-state index in [1.807, 2.05) is 42.8 Å². The summed E-state index contributed by atoms with van der Waals surface area (Å²) in [6.45, 7) is 7.58. The summed E-state index contributed by atoms with van der Waals surface area (Å²) < 4.78 is 2.90. The molecular formula is C16H20BrN3O. The van der Waals surface area contributed by atoms with E-state index >= 15 is 0 Å². The first-order valence-corrected chi connectivity index (χ1v) is 7.80. The number of rotatable bonds is 5. The molecule has 1 atom stereocenters. The molecule has 0 radical (unpaired) electrons. The molecule has 0 aliphatic heterocycles. The first-order valence-electron chi connectivity index (χ1n) is 7.00. The molecule has 1 aromatic heterocycles. The molecule has 5 heteroatoms. The fourth-order valence-corrected chi connectivity index (χ4v) is 2.62. The lowest BCUT2D eigenvalue weighted by Crippen LogP contribution is -2.30. The molecule has 2 aromatic rings. The van der Waals surface area contributed by atoms with E-state index in [0.29, 0.717) is 18.0 Å². The van der Waals surface area contributed by atoms with E-state index in [1.54, 1.807) is 0 Å². The van der Waals surface area contributed by atoms with Crippen molar-refractivity contribution in [2.45, 2.75) is 27.3 Å². The maximum atomic E-state index is 12.1. The molecule has 0 spiro atoms. The Balaban J connectivity index is 1.88. The molecule has 21 heavy (non-hydrogen) atoms. The minimum atomic E-state index is -0.0449. The van der Waals surface area contributed by atoms with Gasteiger partial charge in [0.2, 0.25) is 0 Å². The Kier molecular flexibility index (Phi) is 5.17. The smallest absolute Gasteiger partial charge is 0.251 e. The molecule has 112 valence electrons. The summed E-state index contributed by atoms with van der Waals surface area (Å²) >= 11 is 3.37. The summed E-state index contributed by atoms with van der Waals surface area (Å²) in [4.78, 5) is 12.1. The lowest BCUT2D eigenvalue weighted by atomic mass is 10.1. The second-order valence-electron chi connectivity index (χ2n) is 5.43. The molecule has 0 bridgehead atoms. The van der Waals surface area contributed by atoms with Crippen molar-refractivity contribution in [1.82, 2.24) is 15.1 Å². The zero-order chi connectivity index (χ0) is 15.4. The Morgan fingerprint density at radius 2 is 2.14 bits per heavy atom. The highest BCUT2D eigenvalue weighted by molar-refractivity contribution is 9.10. The predicted molar refractivity (Wildman–Crippen MR) is 87.3 cm³/mol. The molecule has 2 rings (SSSR count). The molecule has 1 N–H and O–H groups in total. The highest BCUT2D eigenvalue weighted by Crippen LogP contribution is 2.12. The minimum Gasteiger partial charge on any atom is -0.352 e. The van der Waals surface area contributed by atoms with Gasteiger partial charge in [-0.15, -0.1) is 0 Å². The monoisotopic (exact) mass is 349 g/mol. The molecular weight excluding hydrogens is 330 g/mol. The van der Waals surface area contributed by atoms with Gasteiger partial charge < -0.3 is 5.32 Å². The number of halogens is 1. The molecule has 1 heterocycles. The Bertz CT molecular complexity index is 636. The van der Waals surface area contributed by atoms with E-state index in [2.05, 4.69) is 39.3 Å². The number of hydrogen-bond donors (Lipinski definition) is 1. The highest BCUT2D eigenvalue weighted by Gasteiger charge is 2.10. The third-order valence-electron chi connectivity index (χ3n) is 3.29. The van der Waals surface area contributed by atoms with E-state index in [-0.39, 0.29) is 5.91 Å². The van der Waals surface area contributed by atoms with Gasteiger partial charge in [0.15, 0.2) is 0 Å². The van der Waals surface area contributed by atoms with Crippen LogP contribution in [-0.4, -0.2) is 22.2 Å². The number of aromatic nitrogens is 2. The van der Waals surface area contributed by atoms with Gasteiger partial charge in [-0.05, 0) is 44.0 Å². The third-order valence-corrected chi connectivity index (χ3v) is 3.78. The third kappa shape index (κ3) is 4.43. The summed E-state index contributed by atoms with van der Waals surface area (Å²) in [5, 5.41) is 7.42. The number of carbonyl (C=O) groups excluding carboxylic acids is 1. The first kappa shape index (κ1) is 15.8. The van der Waals surface area contributed by atoms with Crippen LogP contribution in [0, 0.1) is 19.8 Å². The summed E-state index contributed by atoms with van der Waals surface area (Å²) in [6, 6.07) is 9.46. The van der Waals surface area contributed by atoms with Gasteiger partial charge in [0.1, 0.15) is 0 Å². The Morgan fingerprint density at radius 3 is 2.76 bits per heavy atom. The minimum absolute atomic E-state index is 0.0449. The van der Waals surface area contributed by atoms with Crippen molar-refractivity contribution in [3.63, 3.8) is 0 Å². The van der Waals surface area contributed by atoms with Gasteiger partial charge in [-0.1, -0.05) is 28.9 Å². The van der Waals surface area contributed by atoms with E-state index in [1.165, 1.54) is 0 Å². The number of amides is 1. The normalized spacial score (nSPS) is 12.2. The van der Waals surface area contributed by atoms with Crippen molar-refractivity contribution in [2.24, 2.45) is 5.92 Å². The highest BCUT2D eigenvalue weighted by atomic mass is 79.9. The van der Waals surface area contributed by atoms with Gasteiger partial charge in [0.05, 0.1) is 5.69 Å². The number of hydrogen-bond acceptors (Lipinski definition) is 2. The van der Waals surface area contributed by atoms with Gasteiger partial charge in [-0.2, -0.15) is 5.10 Å². The number of aryl methyl sites for hydroxylation is 2. The molecule has 1 amide bonds. The van der Waals surface area contributed by atoms with Gasteiger partial charge in [0, 0.05) is 28.8 Å². The fraction of sp³-hybridized carbons (Fsp3) is 0.375. The maximum absolute atomic E-state index is 12.1. The first-order chi connectivity index (χ1) is 9.95. The molecule has 1 aromatic carbocycles. The van der Waals surface area contributed by atoms with Crippen molar-refractivity contribution in [3.05, 3.63) is 51.8 Å². The van der Waals surface area contributed by atoms with Crippen LogP contribution in [0.3, 0.4) is 0 Å². The van der Waals surface area contributed by atoms with Gasteiger partial charge in [-0.25, -0.2) is 0 Å². The van der Waals surface area contributed by atoms with Gasteiger partial charge >= 0.3 is 0 Å². The number of nitrogens with zero attached hydrogens (tertiary/aromatic N) is 2. The van der Waals surface area contributed by atoms with Crippen LogP contribution in [0.5, 0.6) is 0 Å². The van der Waals surface area contributed by atoms with Crippen LogP contribution in [0.15, 0.2) is 34.8 Å². The van der Waals surface area contributed by atoms with Crippen LogP contribution in [0.4, 0.5) is 0 Å². The van der Waals surface area contributed by atoms with Crippen LogP contribution in [0.2, 0.25) is 0 Å². The zero-order valence-electron chi connectivity index (χ0n) is 12.6. The average molecular weight is 350 g/mol. The number of benzene rings is 1. The van der Waals surface area contributed by atoms with Crippen LogP contribution in [0.25, 0.3) is 0 Å². The van der Waals surface area contributed by atoms with Crippen molar-refractivity contribution >= 4 is 21.8 Å². The van der Waals surface area contributed by atoms with E-state index in [9.17, 15) is 4.79 Å². The van der Waals surface area contributed by atoms with Crippen molar-refractivity contribution in [2.75, 3.05) is 6.54 Å². The fourth-order valence-electron chi connectivity index (χ4n) is 2.22. The molecule has 0 saturated carbocycles. The van der Waals surface area contributed by atoms with Gasteiger partial charge in [-0.3, -0.25) is 9.48 Å². The molecule has 0 aliphatic rings. The Labute approximate surface area is 133 Å². The van der Waals surface area contributed by atoms with Crippen LogP contribution >= 0.6 is 15.9 Å². The molecule has 0 saturated heterocycles. The standard InChI is InChI=1S/C16H20BrN3O/c1-11(10-20-13(3)7-12(2)19-20)9-18-16(21)14-5-4-6-15(17)8-14/h4-8,11H,9-10H2,1-3H3,(H,18,21)/t11-/m0/s1. The van der Waals surface area contributed by atoms with Crippen LogP contribution < -0.4 is 5.32 Å². The lowest BCUT2D eigenvalue weighted by Gasteiger charge is -2.14. The summed E-state index contributed by atoms with van der Waals surface area (Å²) in [6.07, 6.45) is 0. The zero-order valence-corrected chi connectivity index (χ0v) is 14.1. The number of nitrogens with one attached hydrogen (secondary N) is 1. The molecule has 0 fully saturated rings. The van der Waals surface area contributed by atoms with E-state index in [0.717, 1.165) is 22.4 Å². The van der Waals surface area contributed by atoms with Crippen LogP contribution in [-0.2, 0) is 6.54 Å². The van der Waals surface area contributed by atoms with E-state index in [4.69, 9.17) is 0 Å². The quantitative estimate of drug-likeness (QED) is 0.899. The average Bonchev–Trinajstić information content (AvgIpc) is 2.74. The van der Waals surface area contributed by atoms with Crippen molar-refractivity contribution in [1.29, 1.82) is 0 Å². The molecule has 0 aliphatic carbocycles. The maximum Gasteiger partial charge on any atom is 0.251 e. The molecule has 4 nitrogen and oxygen atoms in total. The second kappa shape index (κ2) is 6.89. The number of carbonyl (C=O) groups is 1. The summed E-state index contributed by atoms with van der Waals surface area (Å²) in [7, 11) is 0. The lowest BCUT2D eigenvalue weighted by molar-refractivity contribution is 0.0946. The van der Waals surface area contributed by atoms with Gasteiger partial charge in [0.25, 0.3) is 5.91 Å². The summed E-state index contributed by atoms with van der Waals surface area (Å²) in [5.41, 5.74) is 2.85. The van der Waals surface area contributed by atoms with Crippen LogP contribution in [0.1, 0.15) is 28.7 Å². The Morgan fingerprint density at radius 1 is 1.38 bits per heavy atom. The topological polar surface area (TPSA) is 46.9 Å². The van der Waals surface area contributed by atoms with Crippen molar-refractivity contribution < 1.29 is 4.79 Å². The summed E-state index contributed by atoms with van der Waals surface area (Å²) in [5.74, 6) is 0.274. The van der Waals surface area contributed by atoms with Crippen molar-refractivity contribution in [3.8, 4) is 0 Å². The van der Waals surface area contributed by atoms with E-state index < -0.39 is 0 Å². The SMILES string of the molecule is Cc1cc(C)n(C[C@@H](C)CNC(=O)c2cccc(Br)c2)n1.